The molecule has 0 fully saturated rings. The van der Waals surface area contributed by atoms with E-state index in [2.05, 4.69) is 167 Å². The fourth-order valence-electron chi connectivity index (χ4n) is 7.21. The Hall–Kier alpha value is -4.31. The molecule has 1 unspecified atom stereocenters. The Kier molecular flexibility index (Phi) is 10.9. The minimum atomic E-state index is -0.517. The molecule has 246 valence electrons. The van der Waals surface area contributed by atoms with E-state index in [-0.39, 0.29) is 17.3 Å². The minimum absolute atomic E-state index is 0.142. The number of benzene rings is 4. The van der Waals surface area contributed by atoms with Crippen LogP contribution >= 0.6 is 0 Å². The van der Waals surface area contributed by atoms with Crippen LogP contribution in [-0.2, 0) is 29.0 Å². The van der Waals surface area contributed by atoms with Crippen molar-refractivity contribution in [2.24, 2.45) is 5.41 Å². The third-order valence-corrected chi connectivity index (χ3v) is 9.44. The maximum atomic E-state index is 14.5. The predicted octanol–water partition coefficient (Wildman–Crippen LogP) is 9.96. The van der Waals surface area contributed by atoms with E-state index in [4.69, 9.17) is 4.74 Å². The second kappa shape index (κ2) is 15.1. The third kappa shape index (κ3) is 8.54. The van der Waals surface area contributed by atoms with Gasteiger partial charge in [-0.2, -0.15) is 0 Å². The molecule has 0 radical (unpaired) electrons. The van der Waals surface area contributed by atoms with Crippen LogP contribution in [0, 0.1) is 5.41 Å². The average molecular weight is 629 g/mol. The molecular weight excluding hydrogens is 576 g/mol. The Morgan fingerprint density at radius 3 is 1.81 bits per heavy atom. The second-order valence-corrected chi connectivity index (χ2v) is 14.5. The maximum Gasteiger partial charge on any atom is 0.336 e. The van der Waals surface area contributed by atoms with Gasteiger partial charge in [0.2, 0.25) is 0 Å². The predicted molar refractivity (Wildman–Crippen MR) is 195 cm³/mol. The van der Waals surface area contributed by atoms with Gasteiger partial charge in [-0.3, -0.25) is 0 Å². The Morgan fingerprint density at radius 1 is 0.745 bits per heavy atom. The van der Waals surface area contributed by atoms with E-state index in [1.807, 2.05) is 0 Å². The summed E-state index contributed by atoms with van der Waals surface area (Å²) in [7, 11) is 4.17. The van der Waals surface area contributed by atoms with E-state index in [0.29, 0.717) is 0 Å². The lowest BCUT2D eigenvalue weighted by Gasteiger charge is -2.44. The molecule has 1 aliphatic rings. The molecule has 0 bridgehead atoms. The topological polar surface area (TPSA) is 32.8 Å². The number of nitrogens with zero attached hydrogens (tertiary/aromatic N) is 2. The van der Waals surface area contributed by atoms with Crippen LogP contribution in [0.25, 0.3) is 0 Å². The van der Waals surface area contributed by atoms with Gasteiger partial charge in [-0.15, -0.1) is 0 Å². The molecule has 5 rings (SSSR count). The van der Waals surface area contributed by atoms with Crippen LogP contribution < -0.4 is 4.90 Å². The van der Waals surface area contributed by atoms with Crippen LogP contribution in [0.5, 0.6) is 0 Å². The Morgan fingerprint density at radius 2 is 1.30 bits per heavy atom. The number of anilines is 1. The summed E-state index contributed by atoms with van der Waals surface area (Å²) in [6.07, 6.45) is 4.22. The van der Waals surface area contributed by atoms with Crippen molar-refractivity contribution in [1.29, 1.82) is 0 Å². The van der Waals surface area contributed by atoms with Crippen LogP contribution in [0.2, 0.25) is 0 Å². The quantitative estimate of drug-likeness (QED) is 0.138. The molecule has 47 heavy (non-hydrogen) atoms. The fraction of sp³-hybridized carbons (Fsp3) is 0.372. The van der Waals surface area contributed by atoms with Crippen molar-refractivity contribution >= 4 is 11.7 Å². The molecule has 4 nitrogen and oxygen atoms in total. The van der Waals surface area contributed by atoms with E-state index in [1.54, 1.807) is 0 Å². The first-order valence-corrected chi connectivity index (χ1v) is 17.2. The first-order valence-electron chi connectivity index (χ1n) is 17.2. The zero-order valence-electron chi connectivity index (χ0n) is 29.2. The van der Waals surface area contributed by atoms with Crippen molar-refractivity contribution < 1.29 is 9.53 Å². The molecule has 1 aliphatic heterocycles. The number of rotatable bonds is 13. The third-order valence-electron chi connectivity index (χ3n) is 9.44. The maximum absolute atomic E-state index is 14.5. The molecule has 0 aromatic heterocycles. The molecular formula is C43H52N2O2. The Balaban J connectivity index is 1.54. The van der Waals surface area contributed by atoms with E-state index >= 15 is 0 Å². The van der Waals surface area contributed by atoms with Crippen molar-refractivity contribution in [2.75, 3.05) is 19.0 Å². The van der Waals surface area contributed by atoms with Gasteiger partial charge < -0.3 is 14.5 Å². The zero-order chi connectivity index (χ0) is 33.4. The van der Waals surface area contributed by atoms with Gasteiger partial charge in [-0.1, -0.05) is 137 Å². The summed E-state index contributed by atoms with van der Waals surface area (Å²) in [5.74, 6) is -0.311. The van der Waals surface area contributed by atoms with Gasteiger partial charge >= 0.3 is 5.97 Å². The van der Waals surface area contributed by atoms with Gasteiger partial charge in [0, 0.05) is 50.9 Å². The highest BCUT2D eigenvalue weighted by molar-refractivity contribution is 5.92. The molecule has 4 heteroatoms. The first kappa shape index (κ1) is 34.0. The zero-order valence-corrected chi connectivity index (χ0v) is 29.2. The molecule has 0 spiro atoms. The molecule has 0 N–H and O–H groups in total. The fourth-order valence-corrected chi connectivity index (χ4v) is 7.21. The van der Waals surface area contributed by atoms with Crippen LogP contribution in [0.4, 0.5) is 5.69 Å². The molecule has 4 aromatic carbocycles. The van der Waals surface area contributed by atoms with Crippen molar-refractivity contribution in [3.8, 4) is 0 Å². The summed E-state index contributed by atoms with van der Waals surface area (Å²) in [6.45, 7) is 10.5. The van der Waals surface area contributed by atoms with Crippen molar-refractivity contribution in [3.63, 3.8) is 0 Å². The van der Waals surface area contributed by atoms with Crippen molar-refractivity contribution in [2.45, 2.75) is 84.4 Å². The molecule has 0 aliphatic carbocycles. The van der Waals surface area contributed by atoms with Gasteiger partial charge in [0.1, 0.15) is 5.60 Å². The number of cyclic esters (lactones) is 1. The Labute approximate surface area is 283 Å². The highest BCUT2D eigenvalue weighted by Gasteiger charge is 2.46. The molecule has 1 heterocycles. The summed E-state index contributed by atoms with van der Waals surface area (Å²) in [4.78, 5) is 19.1. The first-order chi connectivity index (χ1) is 22.6. The van der Waals surface area contributed by atoms with Crippen LogP contribution in [-0.4, -0.2) is 30.6 Å². The van der Waals surface area contributed by atoms with E-state index < -0.39 is 5.60 Å². The minimum Gasteiger partial charge on any atom is -0.455 e. The van der Waals surface area contributed by atoms with Crippen molar-refractivity contribution in [3.05, 3.63) is 149 Å². The van der Waals surface area contributed by atoms with Crippen LogP contribution in [0.15, 0.2) is 127 Å². The standard InChI is InChI=1S/C43H52N2O2/c1-7-27-43(28-26-33-18-11-8-12-19-33)30-38(44(5)6)39(41(46)47-43)40(42(2,3)4)36-24-17-25-37(29-36)45(31-34-20-13-9-14-21-34)32-35-22-15-10-16-23-35/h8-25,29,40H,7,26-28,30-32H2,1-6H3/t40?,43-/m1/s1. The summed E-state index contributed by atoms with van der Waals surface area (Å²) in [5.41, 5.74) is 7.23. The lowest BCUT2D eigenvalue weighted by molar-refractivity contribution is -0.161. The summed E-state index contributed by atoms with van der Waals surface area (Å²) < 4.78 is 6.63. The van der Waals surface area contributed by atoms with E-state index in [1.165, 1.54) is 16.7 Å². The molecule has 0 amide bonds. The second-order valence-electron chi connectivity index (χ2n) is 14.5. The summed E-state index contributed by atoms with van der Waals surface area (Å²) in [5, 5.41) is 0. The number of ether oxygens (including phenoxy) is 1. The van der Waals surface area contributed by atoms with Gasteiger partial charge in [-0.05, 0) is 59.1 Å². The van der Waals surface area contributed by atoms with Crippen LogP contribution in [0.1, 0.15) is 81.5 Å². The van der Waals surface area contributed by atoms with Gasteiger partial charge in [0.25, 0.3) is 0 Å². The summed E-state index contributed by atoms with van der Waals surface area (Å²) >= 11 is 0. The number of carbonyl (C=O) groups excluding carboxylic acids is 1. The highest BCUT2D eigenvalue weighted by Crippen LogP contribution is 2.48. The van der Waals surface area contributed by atoms with Gasteiger partial charge in [0.15, 0.2) is 0 Å². The number of carbonyl (C=O) groups is 1. The lowest BCUT2D eigenvalue weighted by atomic mass is 9.69. The van der Waals surface area contributed by atoms with E-state index in [0.717, 1.165) is 67.7 Å². The highest BCUT2D eigenvalue weighted by atomic mass is 16.6. The number of aryl methyl sites for hydroxylation is 1. The smallest absolute Gasteiger partial charge is 0.336 e. The summed E-state index contributed by atoms with van der Waals surface area (Å²) in [6, 6.07) is 40.7. The molecule has 4 aromatic rings. The lowest BCUT2D eigenvalue weighted by Crippen LogP contribution is -2.45. The Bertz CT molecular complexity index is 1580. The average Bonchev–Trinajstić information content (AvgIpc) is 3.06. The largest absolute Gasteiger partial charge is 0.455 e. The number of esters is 1. The van der Waals surface area contributed by atoms with Gasteiger partial charge in [0.05, 0.1) is 5.57 Å². The number of hydrogen-bond acceptors (Lipinski definition) is 4. The SMILES string of the molecule is CCC[C@@]1(CCc2ccccc2)CC(N(C)C)=C(C(c2cccc(N(Cc3ccccc3)Cc3ccccc3)c2)C(C)(C)C)C(=O)O1. The molecule has 0 saturated carbocycles. The van der Waals surface area contributed by atoms with Gasteiger partial charge in [-0.25, -0.2) is 4.79 Å². The molecule has 0 saturated heterocycles. The van der Waals surface area contributed by atoms with E-state index in [9.17, 15) is 4.79 Å². The molecule has 2 atom stereocenters. The normalized spacial score (nSPS) is 17.3. The number of hydrogen-bond donors (Lipinski definition) is 0. The monoisotopic (exact) mass is 628 g/mol. The van der Waals surface area contributed by atoms with Crippen LogP contribution in [0.3, 0.4) is 0 Å². The van der Waals surface area contributed by atoms with Crippen molar-refractivity contribution in [1.82, 2.24) is 4.90 Å².